The number of methoxy groups -OCH3 is 2. The van der Waals surface area contributed by atoms with E-state index in [2.05, 4.69) is 36.2 Å². The van der Waals surface area contributed by atoms with Gasteiger partial charge < -0.3 is 19.1 Å². The molecule has 10 heteroatoms. The van der Waals surface area contributed by atoms with Gasteiger partial charge in [-0.1, -0.05) is 54.6 Å². The first kappa shape index (κ1) is 29.8. The number of fused-ring (bicyclic) bond motifs is 3. The molecule has 0 spiro atoms. The Bertz CT molecular complexity index is 1980. The van der Waals surface area contributed by atoms with E-state index in [0.717, 1.165) is 22.6 Å². The lowest BCUT2D eigenvalue weighted by atomic mass is 9.93. The second kappa shape index (κ2) is 12.4. The number of para-hydroxylation sites is 1. The number of esters is 1. The molecule has 0 unspecified atom stereocenters. The van der Waals surface area contributed by atoms with Crippen molar-refractivity contribution in [2.45, 2.75) is 42.5 Å². The van der Waals surface area contributed by atoms with Crippen LogP contribution in [0.1, 0.15) is 43.9 Å². The summed E-state index contributed by atoms with van der Waals surface area (Å²) in [5.41, 5.74) is 4.52. The van der Waals surface area contributed by atoms with E-state index in [1.807, 2.05) is 37.3 Å². The predicted molar refractivity (Wildman–Crippen MR) is 174 cm³/mol. The smallest absolute Gasteiger partial charge is 0.338 e. The molecule has 0 amide bonds. The Balaban J connectivity index is 1.54. The number of thiazole rings is 1. The fraction of sp³-hybridized carbons (Fsp3) is 0.265. The number of ether oxygens (including phenoxy) is 3. The maximum absolute atomic E-state index is 14.3. The first-order valence-electron chi connectivity index (χ1n) is 14.5. The molecular weight excluding hydrogens is 595 g/mol. The molecule has 4 aromatic rings. The number of aromatic nitrogens is 1. The highest BCUT2D eigenvalue weighted by Crippen LogP contribution is 2.47. The zero-order chi connectivity index (χ0) is 31.0. The molecule has 44 heavy (non-hydrogen) atoms. The van der Waals surface area contributed by atoms with Gasteiger partial charge in [0, 0.05) is 22.4 Å². The minimum Gasteiger partial charge on any atom is -0.497 e. The zero-order valence-electron chi connectivity index (χ0n) is 25.2. The van der Waals surface area contributed by atoms with Crippen molar-refractivity contribution < 1.29 is 19.0 Å². The van der Waals surface area contributed by atoms with E-state index in [1.165, 1.54) is 21.9 Å². The summed E-state index contributed by atoms with van der Waals surface area (Å²) in [6, 6.07) is 19.1. The van der Waals surface area contributed by atoms with Gasteiger partial charge in [0.2, 0.25) is 0 Å². The van der Waals surface area contributed by atoms with Crippen LogP contribution in [0.25, 0.3) is 6.08 Å². The molecule has 226 valence electrons. The van der Waals surface area contributed by atoms with E-state index in [1.54, 1.807) is 49.6 Å². The van der Waals surface area contributed by atoms with Crippen molar-refractivity contribution in [3.63, 3.8) is 0 Å². The van der Waals surface area contributed by atoms with Gasteiger partial charge in [0.05, 0.1) is 48.0 Å². The molecule has 0 N–H and O–H groups in total. The normalized spacial score (nSPS) is 15.7. The number of hydrogen-bond donors (Lipinski definition) is 0. The SMILES string of the molecule is CCCC1=C(C(=O)OCC)[C@@H](c2cc(OC)ccc2OC)n2c(s/c(=C\c3ccc4c(c3)Sc3ccccc3N4C)c2=O)=N1. The largest absolute Gasteiger partial charge is 0.497 e. The van der Waals surface area contributed by atoms with Crippen molar-refractivity contribution in [2.75, 3.05) is 32.8 Å². The van der Waals surface area contributed by atoms with E-state index in [4.69, 9.17) is 19.2 Å². The number of carbonyl (C=O) groups is 1. The quantitative estimate of drug-likeness (QED) is 0.228. The summed E-state index contributed by atoms with van der Waals surface area (Å²) in [5, 5.41) is 0. The lowest BCUT2D eigenvalue weighted by Crippen LogP contribution is -2.40. The second-order valence-corrected chi connectivity index (χ2v) is 12.5. The highest BCUT2D eigenvalue weighted by atomic mass is 32.2. The maximum Gasteiger partial charge on any atom is 0.338 e. The third-order valence-corrected chi connectivity index (χ3v) is 9.81. The molecule has 0 saturated heterocycles. The highest BCUT2D eigenvalue weighted by Gasteiger charge is 2.36. The van der Waals surface area contributed by atoms with E-state index >= 15 is 0 Å². The summed E-state index contributed by atoms with van der Waals surface area (Å²) in [7, 11) is 5.21. The summed E-state index contributed by atoms with van der Waals surface area (Å²) in [5.74, 6) is 0.610. The van der Waals surface area contributed by atoms with Crippen LogP contribution < -0.4 is 29.3 Å². The lowest BCUT2D eigenvalue weighted by Gasteiger charge is -2.29. The molecular formula is C34H33N3O5S2. The minimum absolute atomic E-state index is 0.199. The minimum atomic E-state index is -0.803. The average molecular weight is 628 g/mol. The van der Waals surface area contributed by atoms with Gasteiger partial charge >= 0.3 is 5.97 Å². The van der Waals surface area contributed by atoms with Crippen LogP contribution >= 0.6 is 23.1 Å². The fourth-order valence-electron chi connectivity index (χ4n) is 5.67. The van der Waals surface area contributed by atoms with Gasteiger partial charge in [-0.15, -0.1) is 0 Å². The number of carbonyl (C=O) groups excluding carboxylic acids is 1. The first-order chi connectivity index (χ1) is 21.4. The maximum atomic E-state index is 14.3. The van der Waals surface area contributed by atoms with Crippen LogP contribution in [0.4, 0.5) is 11.4 Å². The van der Waals surface area contributed by atoms with E-state index < -0.39 is 12.0 Å². The third kappa shape index (κ3) is 5.22. The molecule has 6 rings (SSSR count). The molecule has 2 aliphatic heterocycles. The van der Waals surface area contributed by atoms with Gasteiger partial charge in [0.15, 0.2) is 4.80 Å². The molecule has 3 heterocycles. The van der Waals surface area contributed by atoms with Crippen LogP contribution in [0.3, 0.4) is 0 Å². The van der Waals surface area contributed by atoms with Crippen molar-refractivity contribution in [2.24, 2.45) is 4.99 Å². The third-order valence-electron chi connectivity index (χ3n) is 7.71. The summed E-state index contributed by atoms with van der Waals surface area (Å²) in [6.45, 7) is 4.00. The Morgan fingerprint density at radius 3 is 2.55 bits per heavy atom. The molecule has 0 aliphatic carbocycles. The Morgan fingerprint density at radius 2 is 1.80 bits per heavy atom. The first-order valence-corrected chi connectivity index (χ1v) is 16.1. The number of rotatable bonds is 8. The average Bonchev–Trinajstić information content (AvgIpc) is 3.34. The molecule has 3 aromatic carbocycles. The molecule has 1 atom stereocenters. The van der Waals surface area contributed by atoms with Crippen LogP contribution in [0.5, 0.6) is 11.5 Å². The van der Waals surface area contributed by atoms with Gasteiger partial charge in [-0.2, -0.15) is 0 Å². The summed E-state index contributed by atoms with van der Waals surface area (Å²) in [6.07, 6.45) is 3.22. The van der Waals surface area contributed by atoms with Crippen molar-refractivity contribution in [3.8, 4) is 11.5 Å². The Morgan fingerprint density at radius 1 is 1.00 bits per heavy atom. The molecule has 1 aromatic heterocycles. The van der Waals surface area contributed by atoms with E-state index in [-0.39, 0.29) is 12.2 Å². The van der Waals surface area contributed by atoms with Gasteiger partial charge in [-0.25, -0.2) is 9.79 Å². The van der Waals surface area contributed by atoms with Crippen LogP contribution in [-0.2, 0) is 9.53 Å². The summed E-state index contributed by atoms with van der Waals surface area (Å²) in [4.78, 5) is 37.7. The Hall–Kier alpha value is -4.28. The topological polar surface area (TPSA) is 82.4 Å². The molecule has 2 aliphatic rings. The van der Waals surface area contributed by atoms with Crippen LogP contribution in [0.2, 0.25) is 0 Å². The molecule has 0 bridgehead atoms. The van der Waals surface area contributed by atoms with Crippen molar-refractivity contribution in [1.82, 2.24) is 4.57 Å². The molecule has 0 saturated carbocycles. The number of benzene rings is 3. The predicted octanol–water partition coefficient (Wildman–Crippen LogP) is 5.83. The van der Waals surface area contributed by atoms with E-state index in [0.29, 0.717) is 44.1 Å². The van der Waals surface area contributed by atoms with Crippen LogP contribution in [-0.4, -0.2) is 38.4 Å². The number of anilines is 2. The summed E-state index contributed by atoms with van der Waals surface area (Å²) < 4.78 is 18.9. The van der Waals surface area contributed by atoms with Gasteiger partial charge in [0.1, 0.15) is 17.5 Å². The van der Waals surface area contributed by atoms with Crippen LogP contribution in [0, 0.1) is 0 Å². The van der Waals surface area contributed by atoms with Crippen molar-refractivity contribution in [1.29, 1.82) is 0 Å². The fourth-order valence-corrected chi connectivity index (χ4v) is 7.89. The number of hydrogen-bond acceptors (Lipinski definition) is 9. The molecule has 0 fully saturated rings. The van der Waals surface area contributed by atoms with Crippen LogP contribution in [0.15, 0.2) is 91.5 Å². The van der Waals surface area contributed by atoms with Gasteiger partial charge in [-0.05, 0) is 67.4 Å². The lowest BCUT2D eigenvalue weighted by molar-refractivity contribution is -0.139. The van der Waals surface area contributed by atoms with Crippen molar-refractivity contribution >= 4 is 46.5 Å². The van der Waals surface area contributed by atoms with E-state index in [9.17, 15) is 9.59 Å². The summed E-state index contributed by atoms with van der Waals surface area (Å²) >= 11 is 3.03. The van der Waals surface area contributed by atoms with Gasteiger partial charge in [0.25, 0.3) is 5.56 Å². The molecule has 8 nitrogen and oxygen atoms in total. The highest BCUT2D eigenvalue weighted by molar-refractivity contribution is 7.99. The monoisotopic (exact) mass is 627 g/mol. The number of nitrogens with zero attached hydrogens (tertiary/aromatic N) is 3. The van der Waals surface area contributed by atoms with Gasteiger partial charge in [-0.3, -0.25) is 9.36 Å². The number of allylic oxidation sites excluding steroid dienone is 1. The standard InChI is InChI=1S/C34H33N3O5S2/c1-6-10-23-30(33(39)42-7-2)31(22-19-21(40-4)14-16-26(22)41-5)37-32(38)29(44-34(37)35-23)18-20-13-15-25-28(17-20)43-27-12-9-8-11-24(27)36(25)3/h8-9,11-19,31H,6-7,10H2,1-5H3/b29-18-/t31-/m1/s1. The Kier molecular flexibility index (Phi) is 8.38. The second-order valence-electron chi connectivity index (χ2n) is 10.4. The molecule has 0 radical (unpaired) electrons. The van der Waals surface area contributed by atoms with Crippen molar-refractivity contribution in [3.05, 3.63) is 103 Å². The zero-order valence-corrected chi connectivity index (χ0v) is 26.9. The Labute approximate surface area is 263 Å².